The van der Waals surface area contributed by atoms with Crippen molar-refractivity contribution in [3.05, 3.63) is 0 Å². The summed E-state index contributed by atoms with van der Waals surface area (Å²) < 4.78 is 0. The highest BCUT2D eigenvalue weighted by Crippen LogP contribution is 2.27. The molecule has 2 saturated carbocycles. The zero-order valence-electron chi connectivity index (χ0n) is 15.3. The van der Waals surface area contributed by atoms with Gasteiger partial charge in [0.1, 0.15) is 0 Å². The van der Waals surface area contributed by atoms with Gasteiger partial charge in [0.2, 0.25) is 11.8 Å². The number of carbonyl (C=O) groups excluding carboxylic acids is 2. The van der Waals surface area contributed by atoms with Crippen LogP contribution in [-0.4, -0.2) is 24.9 Å². The molecule has 0 atom stereocenters. The third-order valence-corrected chi connectivity index (χ3v) is 5.78. The molecule has 2 fully saturated rings. The minimum absolute atomic E-state index is 0.136. The fourth-order valence-corrected chi connectivity index (χ4v) is 4.20. The molecule has 0 aromatic carbocycles. The van der Waals surface area contributed by atoms with Crippen molar-refractivity contribution in [1.29, 1.82) is 0 Å². The Kier molecular flexibility index (Phi) is 9.22. The molecule has 2 amide bonds. The van der Waals surface area contributed by atoms with E-state index < -0.39 is 0 Å². The van der Waals surface area contributed by atoms with Crippen LogP contribution in [0.4, 0.5) is 0 Å². The normalized spacial score (nSPS) is 19.8. The Morgan fingerprint density at radius 3 is 1.38 bits per heavy atom. The van der Waals surface area contributed by atoms with Gasteiger partial charge in [-0.2, -0.15) is 0 Å². The molecule has 2 aliphatic rings. The highest BCUT2D eigenvalue weighted by atomic mass is 16.2. The Morgan fingerprint density at radius 1 is 0.625 bits per heavy atom. The number of hydrogen-bond donors (Lipinski definition) is 2. The van der Waals surface area contributed by atoms with Crippen LogP contribution in [0, 0.1) is 11.8 Å². The van der Waals surface area contributed by atoms with Crippen molar-refractivity contribution in [3.63, 3.8) is 0 Å². The van der Waals surface area contributed by atoms with E-state index in [-0.39, 0.29) is 11.8 Å². The molecule has 0 bridgehead atoms. The van der Waals surface area contributed by atoms with Gasteiger partial charge in [0.05, 0.1) is 0 Å². The Labute approximate surface area is 147 Å². The predicted molar refractivity (Wildman–Crippen MR) is 97.6 cm³/mol. The largest absolute Gasteiger partial charge is 0.354 e. The van der Waals surface area contributed by atoms with Gasteiger partial charge in [-0.1, -0.05) is 64.2 Å². The number of hydrogen-bond acceptors (Lipinski definition) is 2. The highest BCUT2D eigenvalue weighted by Gasteiger charge is 2.15. The summed E-state index contributed by atoms with van der Waals surface area (Å²) in [6.07, 6.45) is 16.6. The topological polar surface area (TPSA) is 58.2 Å². The van der Waals surface area contributed by atoms with Crippen molar-refractivity contribution in [2.45, 2.75) is 89.9 Å². The lowest BCUT2D eigenvalue weighted by Crippen LogP contribution is -2.34. The van der Waals surface area contributed by atoms with E-state index in [1.165, 1.54) is 64.2 Å². The molecule has 0 heterocycles. The van der Waals surface area contributed by atoms with Crippen LogP contribution < -0.4 is 10.6 Å². The van der Waals surface area contributed by atoms with E-state index >= 15 is 0 Å². The van der Waals surface area contributed by atoms with E-state index in [0.29, 0.717) is 25.9 Å². The SMILES string of the molecule is O=C(CCC1CCCCC1)NCCNC(=O)CCC1CCCCC1. The van der Waals surface area contributed by atoms with Crippen molar-refractivity contribution in [2.24, 2.45) is 11.8 Å². The lowest BCUT2D eigenvalue weighted by Gasteiger charge is -2.21. The molecule has 4 heteroatoms. The van der Waals surface area contributed by atoms with Crippen molar-refractivity contribution in [2.75, 3.05) is 13.1 Å². The summed E-state index contributed by atoms with van der Waals surface area (Å²) in [5.74, 6) is 1.78. The van der Waals surface area contributed by atoms with Crippen molar-refractivity contribution in [1.82, 2.24) is 10.6 Å². The highest BCUT2D eigenvalue weighted by molar-refractivity contribution is 5.77. The maximum atomic E-state index is 11.8. The third-order valence-electron chi connectivity index (χ3n) is 5.78. The summed E-state index contributed by atoms with van der Waals surface area (Å²) in [7, 11) is 0. The van der Waals surface area contributed by atoms with E-state index in [1.54, 1.807) is 0 Å². The molecule has 24 heavy (non-hydrogen) atoms. The van der Waals surface area contributed by atoms with Crippen molar-refractivity contribution < 1.29 is 9.59 Å². The van der Waals surface area contributed by atoms with Crippen LogP contribution in [0.25, 0.3) is 0 Å². The van der Waals surface area contributed by atoms with Gasteiger partial charge >= 0.3 is 0 Å². The second kappa shape index (κ2) is 11.5. The third kappa shape index (κ3) is 8.16. The van der Waals surface area contributed by atoms with Crippen LogP contribution in [0.1, 0.15) is 89.9 Å². The van der Waals surface area contributed by atoms with Crippen molar-refractivity contribution >= 4 is 11.8 Å². The molecular weight excluding hydrogens is 300 g/mol. The number of nitrogens with one attached hydrogen (secondary N) is 2. The van der Waals surface area contributed by atoms with Crippen LogP contribution in [0.2, 0.25) is 0 Å². The summed E-state index contributed by atoms with van der Waals surface area (Å²) >= 11 is 0. The molecule has 4 nitrogen and oxygen atoms in total. The number of carbonyl (C=O) groups is 2. The van der Waals surface area contributed by atoms with E-state index in [2.05, 4.69) is 10.6 Å². The Balaban J connectivity index is 1.43. The van der Waals surface area contributed by atoms with Crippen LogP contribution >= 0.6 is 0 Å². The van der Waals surface area contributed by atoms with Gasteiger partial charge in [0, 0.05) is 25.9 Å². The summed E-state index contributed by atoms with van der Waals surface area (Å²) in [5, 5.41) is 5.86. The van der Waals surface area contributed by atoms with Crippen LogP contribution in [0.5, 0.6) is 0 Å². The summed E-state index contributed by atoms with van der Waals surface area (Å²) in [6, 6.07) is 0. The van der Waals surface area contributed by atoms with Gasteiger partial charge in [-0.05, 0) is 24.7 Å². The summed E-state index contributed by atoms with van der Waals surface area (Å²) in [5.41, 5.74) is 0. The average Bonchev–Trinajstić information content (AvgIpc) is 2.63. The van der Waals surface area contributed by atoms with Crippen LogP contribution in [0.3, 0.4) is 0 Å². The van der Waals surface area contributed by atoms with Crippen LogP contribution in [-0.2, 0) is 9.59 Å². The van der Waals surface area contributed by atoms with Gasteiger partial charge < -0.3 is 10.6 Å². The Morgan fingerprint density at radius 2 is 1.00 bits per heavy atom. The first-order chi connectivity index (χ1) is 11.7. The molecule has 0 aromatic rings. The summed E-state index contributed by atoms with van der Waals surface area (Å²) in [6.45, 7) is 1.11. The van der Waals surface area contributed by atoms with Gasteiger partial charge in [-0.15, -0.1) is 0 Å². The zero-order chi connectivity index (χ0) is 17.0. The second-order valence-electron chi connectivity index (χ2n) is 7.79. The standard InChI is InChI=1S/C20H36N2O2/c23-19(13-11-17-7-3-1-4-8-17)21-15-16-22-20(24)14-12-18-9-5-2-6-10-18/h17-18H,1-16H2,(H,21,23)(H,22,24). The zero-order valence-corrected chi connectivity index (χ0v) is 15.3. The lowest BCUT2D eigenvalue weighted by molar-refractivity contribution is -0.123. The smallest absolute Gasteiger partial charge is 0.220 e. The summed E-state index contributed by atoms with van der Waals surface area (Å²) in [4.78, 5) is 23.7. The second-order valence-corrected chi connectivity index (χ2v) is 7.79. The van der Waals surface area contributed by atoms with Gasteiger partial charge in [0.15, 0.2) is 0 Å². The first kappa shape index (κ1) is 19.3. The van der Waals surface area contributed by atoms with Crippen molar-refractivity contribution in [3.8, 4) is 0 Å². The average molecular weight is 337 g/mol. The fraction of sp³-hybridized carbons (Fsp3) is 0.900. The minimum atomic E-state index is 0.136. The molecule has 0 spiro atoms. The molecule has 2 rings (SSSR count). The molecule has 0 unspecified atom stereocenters. The first-order valence-corrected chi connectivity index (χ1v) is 10.3. The quantitative estimate of drug-likeness (QED) is 0.627. The molecule has 138 valence electrons. The monoisotopic (exact) mass is 336 g/mol. The van der Waals surface area contributed by atoms with E-state index in [4.69, 9.17) is 0 Å². The Bertz CT molecular complexity index is 336. The fourth-order valence-electron chi connectivity index (χ4n) is 4.20. The van der Waals surface area contributed by atoms with E-state index in [0.717, 1.165) is 24.7 Å². The molecule has 0 radical (unpaired) electrons. The molecule has 0 aliphatic heterocycles. The Hall–Kier alpha value is -1.06. The lowest BCUT2D eigenvalue weighted by atomic mass is 9.86. The maximum Gasteiger partial charge on any atom is 0.220 e. The van der Waals surface area contributed by atoms with E-state index in [9.17, 15) is 9.59 Å². The maximum absolute atomic E-state index is 11.8. The van der Waals surface area contributed by atoms with Gasteiger partial charge in [-0.3, -0.25) is 9.59 Å². The number of amides is 2. The molecule has 0 saturated heterocycles. The van der Waals surface area contributed by atoms with Gasteiger partial charge in [0.25, 0.3) is 0 Å². The van der Waals surface area contributed by atoms with Gasteiger partial charge in [-0.25, -0.2) is 0 Å². The molecular formula is C20H36N2O2. The minimum Gasteiger partial charge on any atom is -0.354 e. The number of rotatable bonds is 9. The molecule has 0 aromatic heterocycles. The van der Waals surface area contributed by atoms with Crippen LogP contribution in [0.15, 0.2) is 0 Å². The molecule has 2 aliphatic carbocycles. The molecule has 2 N–H and O–H groups in total. The predicted octanol–water partition coefficient (Wildman–Crippen LogP) is 3.94. The first-order valence-electron chi connectivity index (χ1n) is 10.3. The van der Waals surface area contributed by atoms with E-state index in [1.807, 2.05) is 0 Å².